The lowest BCUT2D eigenvalue weighted by molar-refractivity contribution is 0.408. The zero-order valence-corrected chi connectivity index (χ0v) is 9.57. The van der Waals surface area contributed by atoms with Crippen LogP contribution in [0.2, 0.25) is 0 Å². The molecule has 0 spiro atoms. The lowest BCUT2D eigenvalue weighted by atomic mass is 10.1. The van der Waals surface area contributed by atoms with Gasteiger partial charge in [0.25, 0.3) is 0 Å². The molecular formula is C11H16N4. The van der Waals surface area contributed by atoms with Crippen molar-refractivity contribution in [2.75, 3.05) is 5.73 Å². The smallest absolute Gasteiger partial charge is 0.151 e. The van der Waals surface area contributed by atoms with Gasteiger partial charge in [0.15, 0.2) is 5.82 Å². The summed E-state index contributed by atoms with van der Waals surface area (Å²) in [6, 6.07) is 0. The van der Waals surface area contributed by atoms with Crippen molar-refractivity contribution in [1.29, 1.82) is 0 Å². The van der Waals surface area contributed by atoms with Crippen LogP contribution in [-0.4, -0.2) is 14.5 Å². The summed E-state index contributed by atoms with van der Waals surface area (Å²) in [5, 5.41) is 0. The van der Waals surface area contributed by atoms with Gasteiger partial charge in [-0.3, -0.25) is 0 Å². The summed E-state index contributed by atoms with van der Waals surface area (Å²) in [6.45, 7) is 8.46. The van der Waals surface area contributed by atoms with E-state index in [1.807, 2.05) is 13.3 Å². The molecule has 2 aromatic heterocycles. The van der Waals surface area contributed by atoms with E-state index >= 15 is 0 Å². The Labute approximate surface area is 89.1 Å². The number of aryl methyl sites for hydroxylation is 1. The van der Waals surface area contributed by atoms with Crippen molar-refractivity contribution in [3.63, 3.8) is 0 Å². The molecule has 2 rings (SSSR count). The third-order valence-corrected chi connectivity index (χ3v) is 2.50. The predicted octanol–water partition coefficient (Wildman–Crippen LogP) is 2.08. The molecule has 2 N–H and O–H groups in total. The van der Waals surface area contributed by atoms with Crippen molar-refractivity contribution < 1.29 is 0 Å². The van der Waals surface area contributed by atoms with Crippen LogP contribution in [0.3, 0.4) is 0 Å². The molecule has 15 heavy (non-hydrogen) atoms. The number of imidazole rings is 1. The quantitative estimate of drug-likeness (QED) is 0.714. The van der Waals surface area contributed by atoms with E-state index in [0.717, 1.165) is 16.6 Å². The lowest BCUT2D eigenvalue weighted by Gasteiger charge is -2.22. The average Bonchev–Trinajstić information content (AvgIpc) is 2.55. The van der Waals surface area contributed by atoms with Gasteiger partial charge in [-0.1, -0.05) is 0 Å². The first-order valence-corrected chi connectivity index (χ1v) is 5.00. The molecule has 4 nitrogen and oxygen atoms in total. The number of hydrogen-bond donors (Lipinski definition) is 1. The van der Waals surface area contributed by atoms with E-state index in [2.05, 4.69) is 35.3 Å². The number of aromatic nitrogens is 3. The Morgan fingerprint density at radius 1 is 1.27 bits per heavy atom. The maximum Gasteiger partial charge on any atom is 0.151 e. The molecule has 0 radical (unpaired) electrons. The number of nitrogens with zero attached hydrogens (tertiary/aromatic N) is 3. The standard InChI is InChI=1S/C11H16N4/c1-7-5-13-10(12)8-9(7)15(6-14-8)11(2,3)4/h5-6H,1-4H3,(H2,12,13). The molecule has 0 atom stereocenters. The van der Waals surface area contributed by atoms with Gasteiger partial charge in [0, 0.05) is 11.7 Å². The minimum absolute atomic E-state index is 0.00725. The number of rotatable bonds is 0. The summed E-state index contributed by atoms with van der Waals surface area (Å²) < 4.78 is 2.13. The van der Waals surface area contributed by atoms with E-state index in [9.17, 15) is 0 Å². The van der Waals surface area contributed by atoms with Gasteiger partial charge in [-0.2, -0.15) is 0 Å². The van der Waals surface area contributed by atoms with Gasteiger partial charge in [-0.05, 0) is 33.3 Å². The van der Waals surface area contributed by atoms with Gasteiger partial charge >= 0.3 is 0 Å². The molecule has 0 bridgehead atoms. The number of anilines is 1. The van der Waals surface area contributed by atoms with Gasteiger partial charge < -0.3 is 10.3 Å². The van der Waals surface area contributed by atoms with Crippen LogP contribution < -0.4 is 5.73 Å². The molecule has 0 aliphatic rings. The second-order valence-corrected chi connectivity index (χ2v) is 4.81. The van der Waals surface area contributed by atoms with Crippen LogP contribution in [-0.2, 0) is 5.54 Å². The largest absolute Gasteiger partial charge is 0.382 e. The highest BCUT2D eigenvalue weighted by molar-refractivity contribution is 5.87. The Morgan fingerprint density at radius 2 is 1.93 bits per heavy atom. The van der Waals surface area contributed by atoms with Gasteiger partial charge in [0.1, 0.15) is 5.52 Å². The molecular weight excluding hydrogens is 188 g/mol. The average molecular weight is 204 g/mol. The molecule has 2 aromatic rings. The van der Waals surface area contributed by atoms with Crippen molar-refractivity contribution in [3.05, 3.63) is 18.1 Å². The maximum absolute atomic E-state index is 5.79. The van der Waals surface area contributed by atoms with E-state index in [1.165, 1.54) is 0 Å². The van der Waals surface area contributed by atoms with Crippen LogP contribution in [0.4, 0.5) is 5.82 Å². The van der Waals surface area contributed by atoms with Crippen molar-refractivity contribution in [1.82, 2.24) is 14.5 Å². The molecule has 0 unspecified atom stereocenters. The minimum atomic E-state index is 0.00725. The number of nitrogens with two attached hydrogens (primary N) is 1. The maximum atomic E-state index is 5.79. The van der Waals surface area contributed by atoms with E-state index in [-0.39, 0.29) is 5.54 Å². The first-order valence-electron chi connectivity index (χ1n) is 5.00. The Kier molecular flexibility index (Phi) is 1.96. The summed E-state index contributed by atoms with van der Waals surface area (Å²) in [5.41, 5.74) is 8.78. The molecule has 0 fully saturated rings. The fraction of sp³-hybridized carbons (Fsp3) is 0.455. The molecule has 0 saturated heterocycles. The summed E-state index contributed by atoms with van der Waals surface area (Å²) in [4.78, 5) is 8.43. The summed E-state index contributed by atoms with van der Waals surface area (Å²) >= 11 is 0. The fourth-order valence-corrected chi connectivity index (χ4v) is 1.71. The summed E-state index contributed by atoms with van der Waals surface area (Å²) in [5.74, 6) is 0.499. The molecule has 0 saturated carbocycles. The van der Waals surface area contributed by atoms with Crippen molar-refractivity contribution >= 4 is 16.9 Å². The first kappa shape index (κ1) is 9.96. The highest BCUT2D eigenvalue weighted by atomic mass is 15.1. The second kappa shape index (κ2) is 2.95. The first-order chi connectivity index (χ1) is 6.91. The minimum Gasteiger partial charge on any atom is -0.382 e. The van der Waals surface area contributed by atoms with E-state index in [4.69, 9.17) is 5.73 Å². The monoisotopic (exact) mass is 204 g/mol. The zero-order chi connectivity index (χ0) is 11.2. The normalized spacial score (nSPS) is 12.3. The Hall–Kier alpha value is -1.58. The Balaban J connectivity index is 2.85. The molecule has 80 valence electrons. The van der Waals surface area contributed by atoms with E-state index < -0.39 is 0 Å². The molecule has 4 heteroatoms. The van der Waals surface area contributed by atoms with E-state index in [1.54, 1.807) is 6.20 Å². The highest BCUT2D eigenvalue weighted by Crippen LogP contribution is 2.26. The third-order valence-electron chi connectivity index (χ3n) is 2.50. The van der Waals surface area contributed by atoms with Crippen molar-refractivity contribution in [3.8, 4) is 0 Å². The van der Waals surface area contributed by atoms with Crippen LogP contribution in [0, 0.1) is 6.92 Å². The summed E-state index contributed by atoms with van der Waals surface area (Å²) in [6.07, 6.45) is 3.62. The molecule has 0 amide bonds. The van der Waals surface area contributed by atoms with Gasteiger partial charge in [0.2, 0.25) is 0 Å². The topological polar surface area (TPSA) is 56.7 Å². The number of nitrogen functional groups attached to an aromatic ring is 1. The highest BCUT2D eigenvalue weighted by Gasteiger charge is 2.18. The summed E-state index contributed by atoms with van der Waals surface area (Å²) in [7, 11) is 0. The van der Waals surface area contributed by atoms with Crippen LogP contribution in [0.5, 0.6) is 0 Å². The number of hydrogen-bond acceptors (Lipinski definition) is 3. The SMILES string of the molecule is Cc1cnc(N)c2ncn(C(C)(C)C)c12. The van der Waals surface area contributed by atoms with Crippen LogP contribution in [0.25, 0.3) is 11.0 Å². The van der Waals surface area contributed by atoms with E-state index in [0.29, 0.717) is 5.82 Å². The molecule has 2 heterocycles. The Bertz CT molecular complexity index is 505. The third kappa shape index (κ3) is 1.46. The predicted molar refractivity (Wildman–Crippen MR) is 61.7 cm³/mol. The van der Waals surface area contributed by atoms with Gasteiger partial charge in [-0.15, -0.1) is 0 Å². The van der Waals surface area contributed by atoms with Crippen LogP contribution >= 0.6 is 0 Å². The fourth-order valence-electron chi connectivity index (χ4n) is 1.71. The lowest BCUT2D eigenvalue weighted by Crippen LogP contribution is -2.21. The molecule has 0 aliphatic heterocycles. The van der Waals surface area contributed by atoms with Crippen LogP contribution in [0.1, 0.15) is 26.3 Å². The number of fused-ring (bicyclic) bond motifs is 1. The van der Waals surface area contributed by atoms with Crippen molar-refractivity contribution in [2.45, 2.75) is 33.2 Å². The second-order valence-electron chi connectivity index (χ2n) is 4.81. The van der Waals surface area contributed by atoms with Crippen molar-refractivity contribution in [2.24, 2.45) is 0 Å². The molecule has 0 aliphatic carbocycles. The van der Waals surface area contributed by atoms with Crippen LogP contribution in [0.15, 0.2) is 12.5 Å². The zero-order valence-electron chi connectivity index (χ0n) is 9.57. The molecule has 0 aromatic carbocycles. The van der Waals surface area contributed by atoms with Gasteiger partial charge in [0.05, 0.1) is 11.8 Å². The Morgan fingerprint density at radius 3 is 2.53 bits per heavy atom. The van der Waals surface area contributed by atoms with Gasteiger partial charge in [-0.25, -0.2) is 9.97 Å². The number of pyridine rings is 1.